The van der Waals surface area contributed by atoms with Crippen molar-refractivity contribution in [3.05, 3.63) is 0 Å². The Labute approximate surface area is 116 Å². The first kappa shape index (κ1) is 14.8. The molecule has 110 valence electrons. The summed E-state index contributed by atoms with van der Waals surface area (Å²) in [6.07, 6.45) is 9.86. The number of hydrogen-bond acceptors (Lipinski definition) is 4. The third-order valence-corrected chi connectivity index (χ3v) is 4.21. The molecule has 2 N–H and O–H groups in total. The van der Waals surface area contributed by atoms with Crippen LogP contribution in [-0.2, 0) is 9.53 Å². The first-order valence-corrected chi connectivity index (χ1v) is 7.94. The molecule has 2 saturated heterocycles. The normalized spacial score (nSPS) is 29.4. The van der Waals surface area contributed by atoms with E-state index in [-0.39, 0.29) is 5.97 Å². The highest BCUT2D eigenvalue weighted by Gasteiger charge is 2.44. The molecule has 2 unspecified atom stereocenters. The molecular formula is C15H28N2O2. The van der Waals surface area contributed by atoms with Gasteiger partial charge in [-0.1, -0.05) is 39.0 Å². The van der Waals surface area contributed by atoms with Crippen LogP contribution in [0.1, 0.15) is 64.7 Å². The Morgan fingerprint density at radius 1 is 1.26 bits per heavy atom. The van der Waals surface area contributed by atoms with Crippen LogP contribution in [0.4, 0.5) is 0 Å². The second kappa shape index (κ2) is 7.25. The molecule has 2 fully saturated rings. The average molecular weight is 268 g/mol. The van der Waals surface area contributed by atoms with Crippen molar-refractivity contribution in [2.24, 2.45) is 0 Å². The Bertz CT molecular complexity index is 292. The zero-order valence-corrected chi connectivity index (χ0v) is 12.2. The number of fused-ring (bicyclic) bond motifs is 2. The minimum atomic E-state index is -0.401. The van der Waals surface area contributed by atoms with Gasteiger partial charge in [0.1, 0.15) is 0 Å². The maximum Gasteiger partial charge on any atom is 0.307 e. The van der Waals surface area contributed by atoms with Gasteiger partial charge in [-0.25, -0.2) is 0 Å². The van der Waals surface area contributed by atoms with Crippen molar-refractivity contribution >= 4 is 5.97 Å². The summed E-state index contributed by atoms with van der Waals surface area (Å²) >= 11 is 0. The molecule has 2 atom stereocenters. The molecule has 0 spiro atoms. The molecule has 0 aromatic heterocycles. The van der Waals surface area contributed by atoms with E-state index in [9.17, 15) is 4.79 Å². The first-order chi connectivity index (χ1) is 9.24. The van der Waals surface area contributed by atoms with E-state index < -0.39 is 5.72 Å². The highest BCUT2D eigenvalue weighted by atomic mass is 16.6. The van der Waals surface area contributed by atoms with E-state index in [1.54, 1.807) is 0 Å². The first-order valence-electron chi connectivity index (χ1n) is 7.94. The maximum atomic E-state index is 11.9. The number of rotatable bonds is 8. The topological polar surface area (TPSA) is 50.4 Å². The van der Waals surface area contributed by atoms with Crippen molar-refractivity contribution in [2.75, 3.05) is 13.1 Å². The van der Waals surface area contributed by atoms with E-state index in [0.717, 1.165) is 38.8 Å². The van der Waals surface area contributed by atoms with E-state index in [4.69, 9.17) is 4.74 Å². The highest BCUT2D eigenvalue weighted by molar-refractivity contribution is 5.69. The molecule has 0 radical (unpaired) electrons. The lowest BCUT2D eigenvalue weighted by atomic mass is 10.1. The summed E-state index contributed by atoms with van der Waals surface area (Å²) < 4.78 is 5.68. The smallest absolute Gasteiger partial charge is 0.307 e. The van der Waals surface area contributed by atoms with Crippen LogP contribution < -0.4 is 10.6 Å². The molecule has 19 heavy (non-hydrogen) atoms. The molecule has 4 nitrogen and oxygen atoms in total. The maximum absolute atomic E-state index is 11.9. The van der Waals surface area contributed by atoms with E-state index >= 15 is 0 Å². The SMILES string of the molecule is CCCCCCCCC(=O)OC12CCC(CNC1)N2. The van der Waals surface area contributed by atoms with Crippen LogP contribution in [0.3, 0.4) is 0 Å². The summed E-state index contributed by atoms with van der Waals surface area (Å²) in [5.74, 6) is -0.0349. The lowest BCUT2D eigenvalue weighted by Gasteiger charge is -2.34. The van der Waals surface area contributed by atoms with Gasteiger partial charge in [0.2, 0.25) is 0 Å². The van der Waals surface area contributed by atoms with Crippen LogP contribution in [-0.4, -0.2) is 30.8 Å². The standard InChI is InChI=1S/C15H28N2O2/c1-2-3-4-5-6-7-8-14(18)19-15-10-9-13(17-15)11-16-12-15/h13,16-17H,2-12H2,1H3. The Hall–Kier alpha value is -0.610. The summed E-state index contributed by atoms with van der Waals surface area (Å²) in [6, 6.07) is 0.482. The predicted octanol–water partition coefficient (Wildman–Crippen LogP) is 2.33. The molecule has 0 aliphatic carbocycles. The lowest BCUT2D eigenvalue weighted by molar-refractivity contribution is -0.163. The van der Waals surface area contributed by atoms with Crippen molar-refractivity contribution in [2.45, 2.75) is 76.5 Å². The van der Waals surface area contributed by atoms with Gasteiger partial charge < -0.3 is 10.1 Å². The highest BCUT2D eigenvalue weighted by Crippen LogP contribution is 2.27. The average Bonchev–Trinajstić information content (AvgIpc) is 2.68. The van der Waals surface area contributed by atoms with Crippen LogP contribution in [0.5, 0.6) is 0 Å². The summed E-state index contributed by atoms with van der Waals surface area (Å²) in [5, 5.41) is 6.79. The number of unbranched alkanes of at least 4 members (excludes halogenated alkanes) is 5. The van der Waals surface area contributed by atoms with Crippen molar-refractivity contribution < 1.29 is 9.53 Å². The monoisotopic (exact) mass is 268 g/mol. The Morgan fingerprint density at radius 3 is 2.89 bits per heavy atom. The molecule has 2 aliphatic rings. The van der Waals surface area contributed by atoms with Crippen LogP contribution >= 0.6 is 0 Å². The quantitative estimate of drug-likeness (QED) is 0.524. The number of esters is 1. The van der Waals surface area contributed by atoms with Gasteiger partial charge in [0.05, 0.1) is 0 Å². The number of piperazine rings is 1. The van der Waals surface area contributed by atoms with Gasteiger partial charge in [-0.2, -0.15) is 0 Å². The summed E-state index contributed by atoms with van der Waals surface area (Å²) in [5.41, 5.74) is -0.401. The summed E-state index contributed by atoms with van der Waals surface area (Å²) in [4.78, 5) is 11.9. The molecule has 0 aromatic carbocycles. The molecule has 2 rings (SSSR count). The zero-order valence-electron chi connectivity index (χ0n) is 12.2. The van der Waals surface area contributed by atoms with Crippen molar-refractivity contribution in [1.29, 1.82) is 0 Å². The fraction of sp³-hybridized carbons (Fsp3) is 0.933. The van der Waals surface area contributed by atoms with Gasteiger partial charge in [-0.3, -0.25) is 10.1 Å². The van der Waals surface area contributed by atoms with Crippen LogP contribution in [0.2, 0.25) is 0 Å². The van der Waals surface area contributed by atoms with Crippen molar-refractivity contribution in [3.8, 4) is 0 Å². The second-order valence-electron chi connectivity index (χ2n) is 6.00. The Kier molecular flexibility index (Phi) is 5.64. The Morgan fingerprint density at radius 2 is 2.05 bits per heavy atom. The fourth-order valence-electron chi connectivity index (χ4n) is 3.10. The third-order valence-electron chi connectivity index (χ3n) is 4.21. The van der Waals surface area contributed by atoms with Gasteiger partial charge in [0.15, 0.2) is 5.72 Å². The number of ether oxygens (including phenoxy) is 1. The van der Waals surface area contributed by atoms with Gasteiger partial charge >= 0.3 is 5.97 Å². The predicted molar refractivity (Wildman–Crippen MR) is 75.8 cm³/mol. The van der Waals surface area contributed by atoms with Gasteiger partial charge in [0.25, 0.3) is 0 Å². The molecule has 2 bridgehead atoms. The molecule has 0 amide bonds. The zero-order chi connectivity index (χ0) is 13.6. The van der Waals surface area contributed by atoms with Gasteiger partial charge in [0, 0.05) is 32.0 Å². The van der Waals surface area contributed by atoms with Crippen LogP contribution in [0.25, 0.3) is 0 Å². The third kappa shape index (κ3) is 4.46. The molecular weight excluding hydrogens is 240 g/mol. The lowest BCUT2D eigenvalue weighted by Crippen LogP contribution is -2.60. The Balaban J connectivity index is 1.59. The van der Waals surface area contributed by atoms with E-state index in [2.05, 4.69) is 17.6 Å². The van der Waals surface area contributed by atoms with Crippen molar-refractivity contribution in [3.63, 3.8) is 0 Å². The molecule has 2 heterocycles. The van der Waals surface area contributed by atoms with Crippen LogP contribution in [0.15, 0.2) is 0 Å². The number of carbonyl (C=O) groups is 1. The minimum Gasteiger partial charge on any atom is -0.442 e. The van der Waals surface area contributed by atoms with Crippen LogP contribution in [0, 0.1) is 0 Å². The minimum absolute atomic E-state index is 0.0349. The van der Waals surface area contributed by atoms with Crippen molar-refractivity contribution in [1.82, 2.24) is 10.6 Å². The van der Waals surface area contributed by atoms with E-state index in [1.807, 2.05) is 0 Å². The van der Waals surface area contributed by atoms with E-state index in [0.29, 0.717) is 12.5 Å². The number of carbonyl (C=O) groups excluding carboxylic acids is 1. The second-order valence-corrected chi connectivity index (χ2v) is 6.00. The number of hydrogen-bond donors (Lipinski definition) is 2. The largest absolute Gasteiger partial charge is 0.442 e. The number of nitrogens with one attached hydrogen (secondary N) is 2. The molecule has 0 aromatic rings. The summed E-state index contributed by atoms with van der Waals surface area (Å²) in [7, 11) is 0. The van der Waals surface area contributed by atoms with Gasteiger partial charge in [-0.15, -0.1) is 0 Å². The molecule has 2 aliphatic heterocycles. The molecule has 0 saturated carbocycles. The fourth-order valence-corrected chi connectivity index (χ4v) is 3.10. The van der Waals surface area contributed by atoms with Gasteiger partial charge in [-0.05, 0) is 12.8 Å². The molecule has 4 heteroatoms. The summed E-state index contributed by atoms with van der Waals surface area (Å²) in [6.45, 7) is 3.97. The van der Waals surface area contributed by atoms with E-state index in [1.165, 1.54) is 25.7 Å².